The second kappa shape index (κ2) is 11.5. The maximum atomic E-state index is 13.7. The molecule has 0 spiro atoms. The Morgan fingerprint density at radius 2 is 1.71 bits per heavy atom. The van der Waals surface area contributed by atoms with E-state index in [1.165, 1.54) is 18.2 Å². The summed E-state index contributed by atoms with van der Waals surface area (Å²) in [4.78, 5) is 0. The molecule has 3 aromatic carbocycles. The molecular weight excluding hydrogens is 488 g/mol. The molecule has 3 aromatic rings. The van der Waals surface area contributed by atoms with Gasteiger partial charge in [-0.05, 0) is 61.3 Å². The van der Waals surface area contributed by atoms with Crippen LogP contribution in [-0.4, -0.2) is 13.2 Å². The van der Waals surface area contributed by atoms with Crippen LogP contribution in [0.3, 0.4) is 0 Å². The Morgan fingerprint density at radius 1 is 0.935 bits per heavy atom. The normalized spacial score (nSPS) is 10.9. The molecule has 0 aliphatic carbocycles. The van der Waals surface area contributed by atoms with E-state index in [0.29, 0.717) is 53.8 Å². The lowest BCUT2D eigenvalue weighted by Crippen LogP contribution is -2.17. The van der Waals surface area contributed by atoms with Crippen LogP contribution in [0.5, 0.6) is 11.5 Å². The zero-order valence-electron chi connectivity index (χ0n) is 17.1. The summed E-state index contributed by atoms with van der Waals surface area (Å²) in [6.45, 7) is 3.79. The molecule has 0 aliphatic heterocycles. The van der Waals surface area contributed by atoms with Crippen molar-refractivity contribution in [1.82, 2.24) is 5.32 Å². The van der Waals surface area contributed by atoms with E-state index >= 15 is 0 Å². The van der Waals surface area contributed by atoms with Crippen molar-refractivity contribution in [2.75, 3.05) is 13.2 Å². The molecule has 0 fully saturated rings. The third-order valence-corrected chi connectivity index (χ3v) is 5.75. The number of rotatable bonds is 10. The summed E-state index contributed by atoms with van der Waals surface area (Å²) in [6.07, 6.45) is 0.599. The van der Waals surface area contributed by atoms with Crippen LogP contribution in [-0.2, 0) is 19.6 Å². The zero-order valence-corrected chi connectivity index (χ0v) is 19.4. The Kier molecular flexibility index (Phi) is 8.69. The number of nitrogens with one attached hydrogen (secondary N) is 1. The molecule has 0 saturated carbocycles. The molecule has 3 rings (SSSR count). The van der Waals surface area contributed by atoms with Crippen LogP contribution in [0.4, 0.5) is 8.78 Å². The molecule has 0 amide bonds. The lowest BCUT2D eigenvalue weighted by atomic mass is 10.1. The maximum absolute atomic E-state index is 13.7. The number of benzene rings is 3. The average Bonchev–Trinajstić information content (AvgIpc) is 2.74. The van der Waals surface area contributed by atoms with Crippen LogP contribution in [0.15, 0.2) is 59.1 Å². The summed E-state index contributed by atoms with van der Waals surface area (Å²) in [6, 6.07) is 14.7. The summed E-state index contributed by atoms with van der Waals surface area (Å²) in [7, 11) is 0. The van der Waals surface area contributed by atoms with Gasteiger partial charge in [0.2, 0.25) is 0 Å². The van der Waals surface area contributed by atoms with Crippen molar-refractivity contribution < 1.29 is 18.3 Å². The van der Waals surface area contributed by atoms with E-state index in [2.05, 4.69) is 21.2 Å². The summed E-state index contributed by atoms with van der Waals surface area (Å²) < 4.78 is 39.5. The van der Waals surface area contributed by atoms with E-state index in [1.807, 2.05) is 25.1 Å². The Hall–Kier alpha value is -2.15. The maximum Gasteiger partial charge on any atom is 0.162 e. The molecular formula is C24H23BrClF2NO2. The Labute approximate surface area is 194 Å². The molecule has 164 valence electrons. The van der Waals surface area contributed by atoms with Crippen molar-refractivity contribution in [3.63, 3.8) is 0 Å². The van der Waals surface area contributed by atoms with Crippen LogP contribution < -0.4 is 14.8 Å². The van der Waals surface area contributed by atoms with Crippen molar-refractivity contribution >= 4 is 27.5 Å². The summed E-state index contributed by atoms with van der Waals surface area (Å²) in [5, 5.41) is 3.64. The molecule has 31 heavy (non-hydrogen) atoms. The number of hydrogen-bond acceptors (Lipinski definition) is 3. The quantitative estimate of drug-likeness (QED) is 0.308. The van der Waals surface area contributed by atoms with E-state index in [4.69, 9.17) is 21.1 Å². The van der Waals surface area contributed by atoms with Gasteiger partial charge in [-0.3, -0.25) is 0 Å². The highest BCUT2D eigenvalue weighted by Gasteiger charge is 2.12. The van der Waals surface area contributed by atoms with Crippen LogP contribution in [0.25, 0.3) is 0 Å². The fourth-order valence-electron chi connectivity index (χ4n) is 3.04. The molecule has 0 aliphatic rings. The van der Waals surface area contributed by atoms with E-state index in [-0.39, 0.29) is 12.4 Å². The highest BCUT2D eigenvalue weighted by molar-refractivity contribution is 9.10. The van der Waals surface area contributed by atoms with Gasteiger partial charge in [0, 0.05) is 16.6 Å². The average molecular weight is 511 g/mol. The molecule has 0 atom stereocenters. The molecule has 0 radical (unpaired) electrons. The minimum atomic E-state index is -0.390. The summed E-state index contributed by atoms with van der Waals surface area (Å²) in [5.74, 6) is 0.587. The number of ether oxygens (including phenoxy) is 2. The van der Waals surface area contributed by atoms with Gasteiger partial charge in [-0.2, -0.15) is 0 Å². The van der Waals surface area contributed by atoms with Gasteiger partial charge in [-0.15, -0.1) is 0 Å². The molecule has 1 N–H and O–H groups in total. The van der Waals surface area contributed by atoms with Crippen molar-refractivity contribution in [1.29, 1.82) is 0 Å². The van der Waals surface area contributed by atoms with Crippen LogP contribution in [0, 0.1) is 11.6 Å². The van der Waals surface area contributed by atoms with Gasteiger partial charge in [-0.1, -0.05) is 51.8 Å². The fourth-order valence-corrected chi connectivity index (χ4v) is 3.72. The lowest BCUT2D eigenvalue weighted by Gasteiger charge is -2.16. The van der Waals surface area contributed by atoms with Gasteiger partial charge in [-0.25, -0.2) is 8.78 Å². The molecule has 0 heterocycles. The van der Waals surface area contributed by atoms with Crippen LogP contribution in [0.2, 0.25) is 5.02 Å². The summed E-state index contributed by atoms with van der Waals surface area (Å²) >= 11 is 9.67. The lowest BCUT2D eigenvalue weighted by molar-refractivity contribution is 0.269. The van der Waals surface area contributed by atoms with E-state index in [1.54, 1.807) is 18.2 Å². The molecule has 0 unspecified atom stereocenters. The monoisotopic (exact) mass is 509 g/mol. The van der Waals surface area contributed by atoms with Crippen molar-refractivity contribution in [3.05, 3.63) is 92.4 Å². The Balaban J connectivity index is 1.64. The van der Waals surface area contributed by atoms with E-state index in [9.17, 15) is 8.78 Å². The third-order valence-electron chi connectivity index (χ3n) is 4.66. The SMILES string of the molecule is CCOc1cc(CNCCc2ccccc2F)c(Br)cc1OCc1ccc(F)cc1Cl. The van der Waals surface area contributed by atoms with Crippen molar-refractivity contribution in [3.8, 4) is 11.5 Å². The Morgan fingerprint density at radius 3 is 2.45 bits per heavy atom. The predicted molar refractivity (Wildman–Crippen MR) is 123 cm³/mol. The van der Waals surface area contributed by atoms with Crippen LogP contribution in [0.1, 0.15) is 23.6 Å². The topological polar surface area (TPSA) is 30.5 Å². The first-order valence-corrected chi connectivity index (χ1v) is 11.1. The van der Waals surface area contributed by atoms with E-state index < -0.39 is 5.82 Å². The molecule has 3 nitrogen and oxygen atoms in total. The number of hydrogen-bond donors (Lipinski definition) is 1. The minimum absolute atomic E-state index is 0.186. The van der Waals surface area contributed by atoms with Gasteiger partial charge in [0.25, 0.3) is 0 Å². The molecule has 0 saturated heterocycles. The highest BCUT2D eigenvalue weighted by Crippen LogP contribution is 2.35. The van der Waals surface area contributed by atoms with Crippen molar-refractivity contribution in [2.24, 2.45) is 0 Å². The molecule has 7 heteroatoms. The van der Waals surface area contributed by atoms with Gasteiger partial charge >= 0.3 is 0 Å². The van der Waals surface area contributed by atoms with Gasteiger partial charge in [0.15, 0.2) is 11.5 Å². The van der Waals surface area contributed by atoms with Crippen molar-refractivity contribution in [2.45, 2.75) is 26.5 Å². The van der Waals surface area contributed by atoms with Crippen LogP contribution >= 0.6 is 27.5 Å². The zero-order chi connectivity index (χ0) is 22.2. The Bertz CT molecular complexity index is 1030. The first-order valence-electron chi connectivity index (χ1n) is 9.94. The second-order valence-electron chi connectivity index (χ2n) is 6.87. The van der Waals surface area contributed by atoms with Gasteiger partial charge < -0.3 is 14.8 Å². The third kappa shape index (κ3) is 6.66. The predicted octanol–water partition coefficient (Wildman–Crippen LogP) is 6.69. The standard InChI is InChI=1S/C24H23BrClF2NO2/c1-2-30-23-11-18(14-29-10-9-16-5-3-4-6-22(16)28)20(25)13-24(23)31-15-17-7-8-19(27)12-21(17)26/h3-8,11-13,29H,2,9-10,14-15H2,1H3. The largest absolute Gasteiger partial charge is 0.490 e. The van der Waals surface area contributed by atoms with Gasteiger partial charge in [0.05, 0.1) is 11.6 Å². The molecule has 0 aromatic heterocycles. The fraction of sp³-hybridized carbons (Fsp3) is 0.250. The second-order valence-corrected chi connectivity index (χ2v) is 8.13. The highest BCUT2D eigenvalue weighted by atomic mass is 79.9. The van der Waals surface area contributed by atoms with E-state index in [0.717, 1.165) is 10.0 Å². The number of halogens is 4. The summed E-state index contributed by atoms with van der Waals surface area (Å²) in [5.41, 5.74) is 2.36. The minimum Gasteiger partial charge on any atom is -0.490 e. The molecule has 0 bridgehead atoms. The smallest absolute Gasteiger partial charge is 0.162 e. The first-order chi connectivity index (χ1) is 15.0. The van der Waals surface area contributed by atoms with Gasteiger partial charge in [0.1, 0.15) is 18.2 Å². The first kappa shape index (κ1) is 23.5.